The second kappa shape index (κ2) is 6.68. The molecule has 1 fully saturated rings. The van der Waals surface area contributed by atoms with Crippen molar-refractivity contribution in [1.82, 2.24) is 14.8 Å². The number of thioether (sulfide) groups is 1. The van der Waals surface area contributed by atoms with Gasteiger partial charge in [-0.3, -0.25) is 4.57 Å². The van der Waals surface area contributed by atoms with Crippen LogP contribution in [-0.2, 0) is 17.1 Å². The summed E-state index contributed by atoms with van der Waals surface area (Å²) in [7, 11) is 0. The van der Waals surface area contributed by atoms with Crippen LogP contribution >= 0.6 is 23.1 Å². The molecule has 5 nitrogen and oxygen atoms in total. The molecule has 0 bridgehead atoms. The highest BCUT2D eigenvalue weighted by atomic mass is 32.2. The van der Waals surface area contributed by atoms with E-state index < -0.39 is 0 Å². The van der Waals surface area contributed by atoms with Gasteiger partial charge in [-0.25, -0.2) is 4.39 Å². The lowest BCUT2D eigenvalue weighted by atomic mass is 10.1. The third kappa shape index (κ3) is 3.02. The molecule has 0 spiro atoms. The normalized spacial score (nSPS) is 16.3. The Balaban J connectivity index is 1.44. The van der Waals surface area contributed by atoms with Crippen LogP contribution < -0.4 is 4.74 Å². The largest absolute Gasteiger partial charge is 0.467 e. The van der Waals surface area contributed by atoms with Gasteiger partial charge in [0.25, 0.3) is 0 Å². The molecule has 0 N–H and O–H groups in total. The topological polar surface area (TPSA) is 49.2 Å². The quantitative estimate of drug-likeness (QED) is 0.595. The van der Waals surface area contributed by atoms with E-state index in [1.807, 2.05) is 11.4 Å². The standard InChI is InChI=1S/C18H16FN3O2S2/c19-13-6-11-8-23-10-24-16(11)12(7-13)9-26-18-21-20-17(15-2-1-5-25-15)22(18)14-3-4-14/h1-2,5-7,14H,3-4,8-10H2. The van der Waals surface area contributed by atoms with Crippen LogP contribution in [0.4, 0.5) is 4.39 Å². The summed E-state index contributed by atoms with van der Waals surface area (Å²) in [6.07, 6.45) is 2.31. The van der Waals surface area contributed by atoms with Crippen molar-refractivity contribution in [2.75, 3.05) is 6.79 Å². The van der Waals surface area contributed by atoms with Gasteiger partial charge in [0.1, 0.15) is 11.6 Å². The molecule has 0 saturated heterocycles. The van der Waals surface area contributed by atoms with Gasteiger partial charge in [0, 0.05) is 22.9 Å². The molecule has 1 saturated carbocycles. The number of nitrogens with zero attached hydrogens (tertiary/aromatic N) is 3. The van der Waals surface area contributed by atoms with Crippen molar-refractivity contribution in [3.8, 4) is 16.5 Å². The molecule has 0 atom stereocenters. The first kappa shape index (κ1) is 16.3. The predicted molar refractivity (Wildman–Crippen MR) is 97.9 cm³/mol. The molecule has 134 valence electrons. The summed E-state index contributed by atoms with van der Waals surface area (Å²) >= 11 is 3.24. The fourth-order valence-corrected chi connectivity index (χ4v) is 4.80. The second-order valence-corrected chi connectivity index (χ2v) is 8.23. The Labute approximate surface area is 158 Å². The predicted octanol–water partition coefficient (Wildman–Crippen LogP) is 4.64. The van der Waals surface area contributed by atoms with Gasteiger partial charge >= 0.3 is 0 Å². The summed E-state index contributed by atoms with van der Waals surface area (Å²) in [5.41, 5.74) is 1.59. The van der Waals surface area contributed by atoms with Gasteiger partial charge < -0.3 is 9.47 Å². The Morgan fingerprint density at radius 3 is 3.04 bits per heavy atom. The second-order valence-electron chi connectivity index (χ2n) is 6.34. The Morgan fingerprint density at radius 1 is 1.31 bits per heavy atom. The monoisotopic (exact) mass is 389 g/mol. The third-order valence-electron chi connectivity index (χ3n) is 4.43. The zero-order chi connectivity index (χ0) is 17.5. The lowest BCUT2D eigenvalue weighted by molar-refractivity contribution is -0.0171. The number of aromatic nitrogens is 3. The molecule has 0 unspecified atom stereocenters. The van der Waals surface area contributed by atoms with Crippen LogP contribution in [0.5, 0.6) is 5.75 Å². The van der Waals surface area contributed by atoms with Crippen LogP contribution in [0.1, 0.15) is 30.0 Å². The van der Waals surface area contributed by atoms with Crippen molar-refractivity contribution in [2.45, 2.75) is 36.4 Å². The van der Waals surface area contributed by atoms with Crippen molar-refractivity contribution in [1.29, 1.82) is 0 Å². The molecular formula is C18H16FN3O2S2. The van der Waals surface area contributed by atoms with Crippen LogP contribution in [0.25, 0.3) is 10.7 Å². The zero-order valence-corrected chi connectivity index (χ0v) is 15.5. The number of hydrogen-bond donors (Lipinski definition) is 0. The Morgan fingerprint density at radius 2 is 2.23 bits per heavy atom. The molecule has 2 aliphatic rings. The molecule has 1 aliphatic carbocycles. The van der Waals surface area contributed by atoms with E-state index in [0.717, 1.165) is 45.6 Å². The SMILES string of the molecule is Fc1cc2c(c(CSc3nnc(-c4cccs4)n3C3CC3)c1)OCOC2. The smallest absolute Gasteiger partial charge is 0.192 e. The average molecular weight is 389 g/mol. The van der Waals surface area contributed by atoms with Crippen LogP contribution in [0.15, 0.2) is 34.8 Å². The minimum absolute atomic E-state index is 0.205. The van der Waals surface area contributed by atoms with Gasteiger partial charge in [-0.05, 0) is 36.4 Å². The van der Waals surface area contributed by atoms with Gasteiger partial charge in [-0.1, -0.05) is 17.8 Å². The van der Waals surface area contributed by atoms with Crippen molar-refractivity contribution in [3.63, 3.8) is 0 Å². The molecule has 3 heterocycles. The zero-order valence-electron chi connectivity index (χ0n) is 13.9. The minimum Gasteiger partial charge on any atom is -0.467 e. The molecule has 26 heavy (non-hydrogen) atoms. The highest BCUT2D eigenvalue weighted by Gasteiger charge is 2.30. The number of ether oxygens (including phenoxy) is 2. The maximum absolute atomic E-state index is 13.9. The molecular weight excluding hydrogens is 373 g/mol. The lowest BCUT2D eigenvalue weighted by Gasteiger charge is -2.20. The van der Waals surface area contributed by atoms with E-state index in [0.29, 0.717) is 18.4 Å². The van der Waals surface area contributed by atoms with Gasteiger partial charge in [-0.15, -0.1) is 21.5 Å². The number of rotatable bonds is 5. The van der Waals surface area contributed by atoms with Crippen LogP contribution in [0.3, 0.4) is 0 Å². The molecule has 0 radical (unpaired) electrons. The van der Waals surface area contributed by atoms with E-state index >= 15 is 0 Å². The number of fused-ring (bicyclic) bond motifs is 1. The van der Waals surface area contributed by atoms with Gasteiger partial charge in [-0.2, -0.15) is 0 Å². The average Bonchev–Trinajstić information content (AvgIpc) is 3.17. The number of benzene rings is 1. The van der Waals surface area contributed by atoms with Crippen LogP contribution in [0.2, 0.25) is 0 Å². The van der Waals surface area contributed by atoms with Crippen LogP contribution in [0, 0.1) is 5.82 Å². The summed E-state index contributed by atoms with van der Waals surface area (Å²) in [4.78, 5) is 1.12. The first-order valence-corrected chi connectivity index (χ1v) is 10.3. The summed E-state index contributed by atoms with van der Waals surface area (Å²) < 4.78 is 27.0. The molecule has 2 aromatic heterocycles. The van der Waals surface area contributed by atoms with E-state index in [2.05, 4.69) is 20.8 Å². The lowest BCUT2D eigenvalue weighted by Crippen LogP contribution is -2.13. The van der Waals surface area contributed by atoms with Crippen LogP contribution in [-0.4, -0.2) is 21.6 Å². The van der Waals surface area contributed by atoms with Crippen molar-refractivity contribution < 1.29 is 13.9 Å². The van der Waals surface area contributed by atoms with Crippen molar-refractivity contribution >= 4 is 23.1 Å². The van der Waals surface area contributed by atoms with E-state index in [1.165, 1.54) is 12.1 Å². The number of hydrogen-bond acceptors (Lipinski definition) is 6. The Hall–Kier alpha value is -1.90. The van der Waals surface area contributed by atoms with Gasteiger partial charge in [0.15, 0.2) is 17.8 Å². The Bertz CT molecular complexity index is 938. The Kier molecular flexibility index (Phi) is 4.18. The highest BCUT2D eigenvalue weighted by Crippen LogP contribution is 2.43. The fraction of sp³-hybridized carbons (Fsp3) is 0.333. The van der Waals surface area contributed by atoms with E-state index in [-0.39, 0.29) is 12.6 Å². The maximum atomic E-state index is 13.9. The summed E-state index contributed by atoms with van der Waals surface area (Å²) in [5.74, 6) is 1.98. The summed E-state index contributed by atoms with van der Waals surface area (Å²) in [6, 6.07) is 7.57. The van der Waals surface area contributed by atoms with Gasteiger partial charge in [0.2, 0.25) is 0 Å². The first-order chi connectivity index (χ1) is 12.8. The molecule has 0 amide bonds. The molecule has 8 heteroatoms. The summed E-state index contributed by atoms with van der Waals surface area (Å²) in [5, 5.41) is 11.7. The fourth-order valence-electron chi connectivity index (χ4n) is 3.12. The van der Waals surface area contributed by atoms with Gasteiger partial charge in [0.05, 0.1) is 11.5 Å². The third-order valence-corrected chi connectivity index (χ3v) is 6.28. The van der Waals surface area contributed by atoms with E-state index in [1.54, 1.807) is 23.1 Å². The molecule has 1 aliphatic heterocycles. The highest BCUT2D eigenvalue weighted by molar-refractivity contribution is 7.98. The number of halogens is 1. The maximum Gasteiger partial charge on any atom is 0.192 e. The summed E-state index contributed by atoms with van der Waals surface area (Å²) in [6.45, 7) is 0.586. The van der Waals surface area contributed by atoms with Crippen molar-refractivity contribution in [3.05, 3.63) is 46.6 Å². The van der Waals surface area contributed by atoms with E-state index in [9.17, 15) is 4.39 Å². The van der Waals surface area contributed by atoms with E-state index in [4.69, 9.17) is 9.47 Å². The molecule has 3 aromatic rings. The van der Waals surface area contributed by atoms with Crippen molar-refractivity contribution in [2.24, 2.45) is 0 Å². The minimum atomic E-state index is -0.267. The first-order valence-electron chi connectivity index (χ1n) is 8.43. The number of thiophene rings is 1. The molecule has 5 rings (SSSR count). The molecule has 1 aromatic carbocycles.